The minimum absolute atomic E-state index is 0.169. The van der Waals surface area contributed by atoms with Gasteiger partial charge in [0.2, 0.25) is 5.91 Å². The molecule has 1 aromatic heterocycles. The Morgan fingerprint density at radius 3 is 2.26 bits per heavy atom. The van der Waals surface area contributed by atoms with Gasteiger partial charge in [0, 0.05) is 17.7 Å². The number of aromatic nitrogens is 1. The maximum absolute atomic E-state index is 12.6. The van der Waals surface area contributed by atoms with Crippen molar-refractivity contribution in [1.29, 1.82) is 0 Å². The fraction of sp³-hybridized carbons (Fsp3) is 0.0455. The summed E-state index contributed by atoms with van der Waals surface area (Å²) in [6.07, 6.45) is 0. The van der Waals surface area contributed by atoms with Crippen molar-refractivity contribution in [1.82, 2.24) is 4.57 Å². The fourth-order valence-electron chi connectivity index (χ4n) is 3.91. The fourth-order valence-corrected chi connectivity index (χ4v) is 3.91. The summed E-state index contributed by atoms with van der Waals surface area (Å²) < 4.78 is 6.53. The van der Waals surface area contributed by atoms with Crippen LogP contribution in [-0.4, -0.2) is 22.4 Å². The molecular weight excluding hydrogens is 342 g/mol. The van der Waals surface area contributed by atoms with Crippen LogP contribution in [0.2, 0.25) is 0 Å². The van der Waals surface area contributed by atoms with E-state index >= 15 is 0 Å². The molecule has 1 aliphatic heterocycles. The lowest BCUT2D eigenvalue weighted by Gasteiger charge is -2.08. The van der Waals surface area contributed by atoms with Crippen LogP contribution < -0.4 is 0 Å². The summed E-state index contributed by atoms with van der Waals surface area (Å²) in [6.45, 7) is 1.48. The van der Waals surface area contributed by atoms with E-state index in [0.717, 1.165) is 10.9 Å². The van der Waals surface area contributed by atoms with E-state index in [1.54, 1.807) is 10.6 Å². The van der Waals surface area contributed by atoms with Gasteiger partial charge < -0.3 is 4.74 Å². The number of nitrogens with zero attached hydrogens (tertiary/aromatic N) is 1. The zero-order valence-electron chi connectivity index (χ0n) is 14.4. The third-order valence-corrected chi connectivity index (χ3v) is 4.96. The van der Waals surface area contributed by atoms with Crippen LogP contribution in [0.5, 0.6) is 0 Å². The second-order valence-corrected chi connectivity index (χ2v) is 6.48. The van der Waals surface area contributed by atoms with E-state index in [4.69, 9.17) is 4.74 Å². The molecule has 0 radical (unpaired) electrons. The summed E-state index contributed by atoms with van der Waals surface area (Å²) in [7, 11) is 0. The van der Waals surface area contributed by atoms with Crippen LogP contribution in [0, 0.1) is 0 Å². The van der Waals surface area contributed by atoms with Crippen LogP contribution >= 0.6 is 0 Å². The zero-order chi connectivity index (χ0) is 18.7. The van der Waals surface area contributed by atoms with Gasteiger partial charge in [-0.1, -0.05) is 48.5 Å². The van der Waals surface area contributed by atoms with Gasteiger partial charge in [0.1, 0.15) is 0 Å². The Hall–Kier alpha value is -3.73. The van der Waals surface area contributed by atoms with Crippen molar-refractivity contribution in [3.63, 3.8) is 0 Å². The molecule has 3 aromatic carbocycles. The van der Waals surface area contributed by atoms with Crippen molar-refractivity contribution in [2.75, 3.05) is 0 Å². The first-order valence-corrected chi connectivity index (χ1v) is 8.51. The normalized spacial score (nSPS) is 13.2. The number of cyclic esters (lactones) is 2. The molecule has 0 bridgehead atoms. The molecule has 0 N–H and O–H groups in total. The van der Waals surface area contributed by atoms with Crippen molar-refractivity contribution in [3.8, 4) is 11.1 Å². The van der Waals surface area contributed by atoms with Crippen molar-refractivity contribution >= 4 is 39.7 Å². The third-order valence-electron chi connectivity index (χ3n) is 4.96. The predicted octanol–water partition coefficient (Wildman–Crippen LogP) is 4.43. The molecular formula is C22H13NO4. The van der Waals surface area contributed by atoms with Crippen LogP contribution in [0.4, 0.5) is 0 Å². The molecule has 0 atom stereocenters. The molecule has 5 nitrogen and oxygen atoms in total. The van der Waals surface area contributed by atoms with E-state index < -0.39 is 11.9 Å². The highest BCUT2D eigenvalue weighted by molar-refractivity contribution is 6.29. The summed E-state index contributed by atoms with van der Waals surface area (Å²) in [5.74, 6) is -1.50. The summed E-state index contributed by atoms with van der Waals surface area (Å²) in [5, 5.41) is 1.32. The summed E-state index contributed by atoms with van der Waals surface area (Å²) in [5.41, 5.74) is 3.13. The van der Waals surface area contributed by atoms with Gasteiger partial charge in [0.05, 0.1) is 22.2 Å². The van der Waals surface area contributed by atoms with Crippen molar-refractivity contribution in [2.45, 2.75) is 6.92 Å². The molecule has 5 rings (SSSR count). The SMILES string of the molecule is CC(=O)n1c2ccccc2c2c3c(c(-c4ccccc4)cc21)C(=O)OC3=O. The lowest BCUT2D eigenvalue weighted by atomic mass is 9.93. The van der Waals surface area contributed by atoms with E-state index in [-0.39, 0.29) is 17.0 Å². The highest BCUT2D eigenvalue weighted by Gasteiger charge is 2.37. The van der Waals surface area contributed by atoms with Crippen LogP contribution in [0.15, 0.2) is 60.7 Å². The molecule has 0 fully saturated rings. The predicted molar refractivity (Wildman–Crippen MR) is 101 cm³/mol. The molecule has 1 aliphatic rings. The highest BCUT2D eigenvalue weighted by atomic mass is 16.6. The first kappa shape index (κ1) is 15.5. The van der Waals surface area contributed by atoms with E-state index in [0.29, 0.717) is 22.0 Å². The summed E-state index contributed by atoms with van der Waals surface area (Å²) >= 11 is 0. The standard InChI is InChI=1S/C22H13NO4/c1-12(24)23-16-10-6-5-9-14(16)18-17(23)11-15(13-7-3-2-4-8-13)19-20(18)22(26)27-21(19)25/h2-11H,1H3. The number of carbonyl (C=O) groups is 3. The number of ether oxygens (including phenoxy) is 1. The Balaban J connectivity index is 2.06. The molecule has 2 heterocycles. The Kier molecular flexibility index (Phi) is 3.09. The second kappa shape index (κ2) is 5.38. The second-order valence-electron chi connectivity index (χ2n) is 6.48. The minimum Gasteiger partial charge on any atom is -0.386 e. The maximum atomic E-state index is 12.6. The van der Waals surface area contributed by atoms with E-state index in [1.165, 1.54) is 6.92 Å². The zero-order valence-corrected chi connectivity index (χ0v) is 14.4. The van der Waals surface area contributed by atoms with E-state index in [1.807, 2.05) is 54.6 Å². The number of benzene rings is 3. The lowest BCUT2D eigenvalue weighted by molar-refractivity contribution is 0.0444. The smallest absolute Gasteiger partial charge is 0.347 e. The minimum atomic E-state index is -0.677. The highest BCUT2D eigenvalue weighted by Crippen LogP contribution is 2.41. The van der Waals surface area contributed by atoms with Crippen LogP contribution in [-0.2, 0) is 4.74 Å². The van der Waals surface area contributed by atoms with Gasteiger partial charge in [0.15, 0.2) is 0 Å². The Labute approximate surface area is 153 Å². The van der Waals surface area contributed by atoms with Gasteiger partial charge >= 0.3 is 11.9 Å². The number of fused-ring (bicyclic) bond motifs is 5. The monoisotopic (exact) mass is 355 g/mol. The molecule has 0 spiro atoms. The number of hydrogen-bond donors (Lipinski definition) is 0. The topological polar surface area (TPSA) is 65.4 Å². The van der Waals surface area contributed by atoms with E-state index in [9.17, 15) is 14.4 Å². The molecule has 4 aromatic rings. The first-order valence-electron chi connectivity index (χ1n) is 8.51. The Bertz CT molecular complexity index is 1300. The Morgan fingerprint density at radius 1 is 0.852 bits per heavy atom. The van der Waals surface area contributed by atoms with Gasteiger partial charge in [-0.3, -0.25) is 9.36 Å². The summed E-state index contributed by atoms with van der Waals surface area (Å²) in [4.78, 5) is 37.4. The van der Waals surface area contributed by atoms with Gasteiger partial charge in [0.25, 0.3) is 0 Å². The van der Waals surface area contributed by atoms with Crippen molar-refractivity contribution in [2.24, 2.45) is 0 Å². The number of hydrogen-bond acceptors (Lipinski definition) is 4. The number of para-hydroxylation sites is 1. The molecule has 0 unspecified atom stereocenters. The molecule has 5 heteroatoms. The first-order chi connectivity index (χ1) is 13.1. The maximum Gasteiger partial charge on any atom is 0.347 e. The largest absolute Gasteiger partial charge is 0.386 e. The molecule has 0 saturated heterocycles. The summed E-state index contributed by atoms with van der Waals surface area (Å²) in [6, 6.07) is 18.4. The number of esters is 2. The lowest BCUT2D eigenvalue weighted by Crippen LogP contribution is -2.05. The Morgan fingerprint density at radius 2 is 1.52 bits per heavy atom. The van der Waals surface area contributed by atoms with E-state index in [2.05, 4.69) is 0 Å². The van der Waals surface area contributed by atoms with Gasteiger partial charge in [-0.25, -0.2) is 9.59 Å². The van der Waals surface area contributed by atoms with Gasteiger partial charge in [-0.05, 0) is 23.3 Å². The van der Waals surface area contributed by atoms with Gasteiger partial charge in [-0.2, -0.15) is 0 Å². The molecule has 27 heavy (non-hydrogen) atoms. The van der Waals surface area contributed by atoms with Crippen LogP contribution in [0.25, 0.3) is 32.9 Å². The third kappa shape index (κ3) is 2.02. The quantitative estimate of drug-likeness (QED) is 0.374. The van der Waals surface area contributed by atoms with Crippen LogP contribution in [0.1, 0.15) is 32.4 Å². The molecule has 0 aliphatic carbocycles. The average molecular weight is 355 g/mol. The molecule has 130 valence electrons. The average Bonchev–Trinajstić information content (AvgIpc) is 3.16. The van der Waals surface area contributed by atoms with Gasteiger partial charge in [-0.15, -0.1) is 0 Å². The van der Waals surface area contributed by atoms with Crippen LogP contribution in [0.3, 0.4) is 0 Å². The molecule has 0 saturated carbocycles. The molecule has 0 amide bonds. The van der Waals surface area contributed by atoms with Crippen molar-refractivity contribution < 1.29 is 19.1 Å². The van der Waals surface area contributed by atoms with Crippen molar-refractivity contribution in [3.05, 3.63) is 71.8 Å². The number of rotatable bonds is 1. The number of carbonyl (C=O) groups excluding carboxylic acids is 3.